The molecule has 2 N–H and O–H groups in total. The van der Waals surface area contributed by atoms with Gasteiger partial charge in [-0.05, 0) is 31.5 Å². The van der Waals surface area contributed by atoms with E-state index < -0.39 is 35.3 Å². The predicted octanol–water partition coefficient (Wildman–Crippen LogP) is 2.19. The van der Waals surface area contributed by atoms with Crippen molar-refractivity contribution >= 4 is 33.6 Å². The highest BCUT2D eigenvalue weighted by Crippen LogP contribution is 2.53. The topological polar surface area (TPSA) is 113 Å². The Morgan fingerprint density at radius 2 is 2.10 bits per heavy atom. The molecule has 7 nitrogen and oxygen atoms in total. The maximum Gasteiger partial charge on any atom is 0.329 e. The minimum Gasteiger partial charge on any atom is -0.465 e. The maximum atomic E-state index is 13.1. The zero-order valence-electron chi connectivity index (χ0n) is 16.0. The molecule has 0 radical (unpaired) electrons. The van der Waals surface area contributed by atoms with Gasteiger partial charge in [-0.2, -0.15) is 5.26 Å². The van der Waals surface area contributed by atoms with Crippen molar-refractivity contribution in [1.82, 2.24) is 4.90 Å². The highest BCUT2D eigenvalue weighted by molar-refractivity contribution is 9.10. The number of Topliss-reactive ketones (excluding diaryl/α,β-unsaturated/α-hetero) is 1. The van der Waals surface area contributed by atoms with Crippen LogP contribution in [-0.2, 0) is 19.1 Å². The lowest BCUT2D eigenvalue weighted by molar-refractivity contribution is -0.153. The number of hydrogen-bond acceptors (Lipinski definition) is 6. The molecule has 1 amide bonds. The number of amides is 1. The molecule has 0 saturated carbocycles. The number of carbonyl (C=O) groups is 3. The highest BCUT2D eigenvalue weighted by Gasteiger charge is 2.66. The number of halogens is 1. The van der Waals surface area contributed by atoms with Crippen molar-refractivity contribution in [3.8, 4) is 6.07 Å². The normalized spacial score (nSPS) is 27.6. The molecule has 0 bridgehead atoms. The lowest BCUT2D eigenvalue weighted by Crippen LogP contribution is -2.45. The van der Waals surface area contributed by atoms with Gasteiger partial charge >= 0.3 is 5.97 Å². The van der Waals surface area contributed by atoms with Crippen molar-refractivity contribution in [3.05, 3.63) is 58.2 Å². The molecule has 1 aromatic carbocycles. The number of primary amides is 1. The number of nitrogens with zero attached hydrogens (tertiary/aromatic N) is 2. The van der Waals surface area contributed by atoms with E-state index in [1.165, 1.54) is 13.1 Å². The van der Waals surface area contributed by atoms with Crippen molar-refractivity contribution in [2.75, 3.05) is 6.61 Å². The van der Waals surface area contributed by atoms with Gasteiger partial charge in [0.25, 0.3) is 0 Å². The van der Waals surface area contributed by atoms with Gasteiger partial charge in [0.05, 0.1) is 18.7 Å². The second-order valence-electron chi connectivity index (χ2n) is 6.97. The fraction of sp³-hybridized carbons (Fsp3) is 0.333. The average Bonchev–Trinajstić information content (AvgIpc) is 2.99. The van der Waals surface area contributed by atoms with Crippen LogP contribution in [0.25, 0.3) is 0 Å². The summed E-state index contributed by atoms with van der Waals surface area (Å²) in [6.45, 7) is 3.14. The van der Waals surface area contributed by atoms with Crippen molar-refractivity contribution in [2.45, 2.75) is 31.8 Å². The maximum absolute atomic E-state index is 13.1. The van der Waals surface area contributed by atoms with Crippen LogP contribution in [0.3, 0.4) is 0 Å². The van der Waals surface area contributed by atoms with Crippen LogP contribution < -0.4 is 5.73 Å². The second kappa shape index (κ2) is 7.84. The number of esters is 1. The van der Waals surface area contributed by atoms with Gasteiger partial charge in [0.2, 0.25) is 5.91 Å². The van der Waals surface area contributed by atoms with E-state index in [4.69, 9.17) is 10.5 Å². The van der Waals surface area contributed by atoms with Crippen LogP contribution in [0.2, 0.25) is 0 Å². The molecule has 4 atom stereocenters. The fourth-order valence-corrected chi connectivity index (χ4v) is 4.58. The van der Waals surface area contributed by atoms with Crippen LogP contribution in [-0.4, -0.2) is 41.3 Å². The highest BCUT2D eigenvalue weighted by atomic mass is 79.9. The third-order valence-electron chi connectivity index (χ3n) is 5.37. The Morgan fingerprint density at radius 3 is 2.66 bits per heavy atom. The van der Waals surface area contributed by atoms with Gasteiger partial charge in [-0.1, -0.05) is 40.2 Å². The van der Waals surface area contributed by atoms with Crippen LogP contribution >= 0.6 is 15.9 Å². The molecule has 29 heavy (non-hydrogen) atoms. The number of carbonyl (C=O) groups excluding carboxylic acids is 3. The van der Waals surface area contributed by atoms with Crippen molar-refractivity contribution in [2.24, 2.45) is 11.1 Å². The molecule has 1 aromatic rings. The third kappa shape index (κ3) is 3.25. The number of fused-ring (bicyclic) bond motifs is 1. The summed E-state index contributed by atoms with van der Waals surface area (Å²) in [6.07, 6.45) is 4.67. The molecule has 1 fully saturated rings. The predicted molar refractivity (Wildman–Crippen MR) is 108 cm³/mol. The third-order valence-corrected chi connectivity index (χ3v) is 5.86. The first-order chi connectivity index (χ1) is 13.8. The van der Waals surface area contributed by atoms with Crippen LogP contribution in [0.15, 0.2) is 52.7 Å². The fourth-order valence-electron chi connectivity index (χ4n) is 4.17. The van der Waals surface area contributed by atoms with Crippen molar-refractivity contribution < 1.29 is 19.1 Å². The Balaban J connectivity index is 2.30. The zero-order valence-corrected chi connectivity index (χ0v) is 17.5. The first kappa shape index (κ1) is 20.8. The molecule has 0 aliphatic carbocycles. The Labute approximate surface area is 176 Å². The van der Waals surface area contributed by atoms with E-state index >= 15 is 0 Å². The molecule has 0 unspecified atom stereocenters. The SMILES string of the molecule is CCOC(=O)[C@@]1(C#N)[C@@H]2C=CC(C(C)=O)=CN2[C@@H](C(N)=O)[C@@H]1c1cccc(Br)c1. The van der Waals surface area contributed by atoms with Crippen molar-refractivity contribution in [1.29, 1.82) is 5.26 Å². The van der Waals surface area contributed by atoms with E-state index in [-0.39, 0.29) is 12.4 Å². The largest absolute Gasteiger partial charge is 0.465 e. The zero-order chi connectivity index (χ0) is 21.3. The summed E-state index contributed by atoms with van der Waals surface area (Å²) >= 11 is 3.40. The molecule has 1 saturated heterocycles. The summed E-state index contributed by atoms with van der Waals surface area (Å²) in [5.41, 5.74) is 4.99. The van der Waals surface area contributed by atoms with Crippen LogP contribution in [0.4, 0.5) is 0 Å². The van der Waals surface area contributed by atoms with E-state index in [1.54, 1.807) is 48.2 Å². The van der Waals surface area contributed by atoms with Gasteiger partial charge in [0.15, 0.2) is 11.2 Å². The van der Waals surface area contributed by atoms with E-state index in [9.17, 15) is 19.6 Å². The molecule has 0 aromatic heterocycles. The Morgan fingerprint density at radius 1 is 1.38 bits per heavy atom. The average molecular weight is 458 g/mol. The molecule has 0 spiro atoms. The summed E-state index contributed by atoms with van der Waals surface area (Å²) in [7, 11) is 0. The second-order valence-corrected chi connectivity index (χ2v) is 7.89. The number of nitriles is 1. The monoisotopic (exact) mass is 457 g/mol. The Bertz CT molecular complexity index is 980. The number of benzene rings is 1. The Hall–Kier alpha value is -2.92. The first-order valence-electron chi connectivity index (χ1n) is 9.09. The van der Waals surface area contributed by atoms with Gasteiger partial charge in [-0.25, -0.2) is 0 Å². The molecular formula is C21H20BrN3O4. The number of allylic oxidation sites excluding steroid dienone is 2. The molecular weight excluding hydrogens is 438 g/mol. The number of ether oxygens (including phenoxy) is 1. The lowest BCUT2D eigenvalue weighted by Gasteiger charge is -2.32. The summed E-state index contributed by atoms with van der Waals surface area (Å²) < 4.78 is 6.01. The van der Waals surface area contributed by atoms with Crippen LogP contribution in [0, 0.1) is 16.7 Å². The number of hydrogen-bond donors (Lipinski definition) is 1. The molecule has 2 aliphatic rings. The number of rotatable bonds is 5. The van der Waals surface area contributed by atoms with Gasteiger partial charge in [-0.3, -0.25) is 14.4 Å². The summed E-state index contributed by atoms with van der Waals surface area (Å²) in [4.78, 5) is 39.2. The van der Waals surface area contributed by atoms with E-state index in [0.717, 1.165) is 4.47 Å². The van der Waals surface area contributed by atoms with Gasteiger partial charge in [-0.15, -0.1) is 0 Å². The quantitative estimate of drug-likeness (QED) is 0.677. The lowest BCUT2D eigenvalue weighted by atomic mass is 9.68. The molecule has 2 aliphatic heterocycles. The molecule has 3 rings (SSSR count). The van der Waals surface area contributed by atoms with E-state index in [2.05, 4.69) is 22.0 Å². The number of ketones is 1. The van der Waals surface area contributed by atoms with Crippen LogP contribution in [0.5, 0.6) is 0 Å². The first-order valence-corrected chi connectivity index (χ1v) is 9.88. The van der Waals surface area contributed by atoms with Crippen LogP contribution in [0.1, 0.15) is 25.3 Å². The van der Waals surface area contributed by atoms with E-state index in [0.29, 0.717) is 11.1 Å². The smallest absolute Gasteiger partial charge is 0.329 e. The van der Waals surface area contributed by atoms with Gasteiger partial charge in [0, 0.05) is 22.2 Å². The number of nitrogens with two attached hydrogens (primary N) is 1. The summed E-state index contributed by atoms with van der Waals surface area (Å²) in [6, 6.07) is 7.39. The van der Waals surface area contributed by atoms with Gasteiger partial charge < -0.3 is 15.4 Å². The molecule has 150 valence electrons. The summed E-state index contributed by atoms with van der Waals surface area (Å²) in [5.74, 6) is -2.52. The van der Waals surface area contributed by atoms with Gasteiger partial charge in [0.1, 0.15) is 6.04 Å². The minimum absolute atomic E-state index is 0.0830. The molecule has 8 heteroatoms. The minimum atomic E-state index is -1.72. The Kier molecular flexibility index (Phi) is 5.62. The molecule has 2 heterocycles. The van der Waals surface area contributed by atoms with Crippen molar-refractivity contribution in [3.63, 3.8) is 0 Å². The van der Waals surface area contributed by atoms with E-state index in [1.807, 2.05) is 0 Å². The standard InChI is InChI=1S/C21H20BrN3O4/c1-3-29-20(28)21(11-23)16-8-7-14(12(2)26)10-25(16)18(19(24)27)17(21)13-5-4-6-15(22)9-13/h4-10,16-18H,3H2,1-2H3,(H2,24,27)/t16-,17-,18+,21-/m0/s1. The summed E-state index contributed by atoms with van der Waals surface area (Å²) in [5, 5.41) is 10.3.